The first kappa shape index (κ1) is 8.17. The summed E-state index contributed by atoms with van der Waals surface area (Å²) in [6.07, 6.45) is 2.77. The predicted octanol–water partition coefficient (Wildman–Crippen LogP) is 2.45. The summed E-state index contributed by atoms with van der Waals surface area (Å²) in [4.78, 5) is 0. The molecule has 13 heavy (non-hydrogen) atoms. The molecule has 2 nitrogen and oxygen atoms in total. The molecule has 2 heteroatoms. The van der Waals surface area contributed by atoms with Gasteiger partial charge in [0, 0.05) is 0 Å². The number of hydrogen-bond acceptors (Lipinski definition) is 2. The molecule has 0 aliphatic carbocycles. The van der Waals surface area contributed by atoms with Crippen molar-refractivity contribution < 1.29 is 9.47 Å². The average molecular weight is 176 g/mol. The van der Waals surface area contributed by atoms with E-state index in [2.05, 4.69) is 12.6 Å². The van der Waals surface area contributed by atoms with Crippen molar-refractivity contribution in [2.45, 2.75) is 13.3 Å². The average Bonchev–Trinajstić information content (AvgIpc) is 2.58. The molecule has 0 atom stereocenters. The molecule has 2 rings (SSSR count). The van der Waals surface area contributed by atoms with Crippen molar-refractivity contribution in [1.29, 1.82) is 0 Å². The predicted molar refractivity (Wildman–Crippen MR) is 51.2 cm³/mol. The van der Waals surface area contributed by atoms with Crippen LogP contribution in [0.2, 0.25) is 0 Å². The van der Waals surface area contributed by atoms with E-state index in [1.807, 2.05) is 19.1 Å². The summed E-state index contributed by atoms with van der Waals surface area (Å²) >= 11 is 0. The second-order valence-electron chi connectivity index (χ2n) is 3.08. The Morgan fingerprint density at radius 3 is 3.08 bits per heavy atom. The molecule has 1 aromatic rings. The van der Waals surface area contributed by atoms with Crippen LogP contribution >= 0.6 is 0 Å². The summed E-state index contributed by atoms with van der Waals surface area (Å²) in [6, 6.07) is 4.01. The molecule has 68 valence electrons. The van der Waals surface area contributed by atoms with Crippen LogP contribution in [0.25, 0.3) is 0 Å². The third kappa shape index (κ3) is 1.28. The summed E-state index contributed by atoms with van der Waals surface area (Å²) in [5.41, 5.74) is 2.41. The van der Waals surface area contributed by atoms with Gasteiger partial charge in [0.25, 0.3) is 0 Å². The lowest BCUT2D eigenvalue weighted by atomic mass is 10.0. The van der Waals surface area contributed by atoms with Crippen molar-refractivity contribution in [1.82, 2.24) is 0 Å². The Kier molecular flexibility index (Phi) is 1.97. The minimum Gasteiger partial charge on any atom is -0.454 e. The van der Waals surface area contributed by atoms with Gasteiger partial charge in [0.2, 0.25) is 6.79 Å². The van der Waals surface area contributed by atoms with Crippen molar-refractivity contribution in [2.24, 2.45) is 0 Å². The highest BCUT2D eigenvalue weighted by Gasteiger charge is 2.16. The van der Waals surface area contributed by atoms with E-state index in [1.54, 1.807) is 0 Å². The van der Waals surface area contributed by atoms with Crippen molar-refractivity contribution in [3.8, 4) is 11.5 Å². The SMILES string of the molecule is C=CCc1ccc2c(c1C)OCO2. The highest BCUT2D eigenvalue weighted by molar-refractivity contribution is 5.51. The van der Waals surface area contributed by atoms with Gasteiger partial charge in [0.15, 0.2) is 11.5 Å². The molecule has 0 bridgehead atoms. The number of hydrogen-bond donors (Lipinski definition) is 0. The second kappa shape index (κ2) is 3.13. The number of rotatable bonds is 2. The van der Waals surface area contributed by atoms with Crippen LogP contribution < -0.4 is 9.47 Å². The van der Waals surface area contributed by atoms with Gasteiger partial charge >= 0.3 is 0 Å². The summed E-state index contributed by atoms with van der Waals surface area (Å²) in [5, 5.41) is 0. The van der Waals surface area contributed by atoms with Crippen LogP contribution in [0, 0.1) is 6.92 Å². The van der Waals surface area contributed by atoms with Crippen LogP contribution in [-0.2, 0) is 6.42 Å². The van der Waals surface area contributed by atoms with Gasteiger partial charge in [-0.25, -0.2) is 0 Å². The van der Waals surface area contributed by atoms with Gasteiger partial charge in [-0.2, -0.15) is 0 Å². The van der Waals surface area contributed by atoms with E-state index < -0.39 is 0 Å². The van der Waals surface area contributed by atoms with E-state index in [1.165, 1.54) is 5.56 Å². The molecule has 0 spiro atoms. The van der Waals surface area contributed by atoms with E-state index >= 15 is 0 Å². The molecule has 0 radical (unpaired) electrons. The molecule has 0 aromatic heterocycles. The normalized spacial score (nSPS) is 13.0. The van der Waals surface area contributed by atoms with E-state index in [4.69, 9.17) is 9.47 Å². The summed E-state index contributed by atoms with van der Waals surface area (Å²) in [6.45, 7) is 6.11. The molecule has 1 aliphatic rings. The Hall–Kier alpha value is -1.44. The minimum atomic E-state index is 0.341. The van der Waals surface area contributed by atoms with Crippen LogP contribution in [0.3, 0.4) is 0 Å². The van der Waals surface area contributed by atoms with Crippen molar-refractivity contribution in [3.05, 3.63) is 35.9 Å². The maximum atomic E-state index is 5.36. The molecule has 1 heterocycles. The standard InChI is InChI=1S/C11H12O2/c1-3-4-9-5-6-10-11(8(9)2)13-7-12-10/h3,5-6H,1,4,7H2,2H3. The lowest BCUT2D eigenvalue weighted by Gasteiger charge is -2.05. The zero-order valence-electron chi connectivity index (χ0n) is 7.67. The van der Waals surface area contributed by atoms with Gasteiger partial charge in [-0.3, -0.25) is 0 Å². The Morgan fingerprint density at radius 2 is 2.31 bits per heavy atom. The molecular weight excluding hydrogens is 164 g/mol. The topological polar surface area (TPSA) is 18.5 Å². The molecule has 0 saturated carbocycles. The molecule has 0 amide bonds. The van der Waals surface area contributed by atoms with E-state index in [-0.39, 0.29) is 0 Å². The Bertz CT molecular complexity index is 342. The molecule has 0 saturated heterocycles. The van der Waals surface area contributed by atoms with Crippen LogP contribution in [0.4, 0.5) is 0 Å². The first-order valence-corrected chi connectivity index (χ1v) is 4.32. The van der Waals surface area contributed by atoms with Gasteiger partial charge in [-0.1, -0.05) is 12.1 Å². The molecule has 1 aliphatic heterocycles. The smallest absolute Gasteiger partial charge is 0.231 e. The Labute approximate surface area is 77.8 Å². The van der Waals surface area contributed by atoms with Gasteiger partial charge in [-0.05, 0) is 30.5 Å². The first-order chi connectivity index (χ1) is 6.33. The lowest BCUT2D eigenvalue weighted by Crippen LogP contribution is -1.94. The Morgan fingerprint density at radius 1 is 1.46 bits per heavy atom. The fourth-order valence-electron chi connectivity index (χ4n) is 1.53. The third-order valence-corrected chi connectivity index (χ3v) is 2.26. The second-order valence-corrected chi connectivity index (χ2v) is 3.08. The molecule has 0 N–H and O–H groups in total. The Balaban J connectivity index is 2.45. The highest BCUT2D eigenvalue weighted by Crippen LogP contribution is 2.36. The van der Waals surface area contributed by atoms with Crippen LogP contribution in [-0.4, -0.2) is 6.79 Å². The zero-order chi connectivity index (χ0) is 9.26. The van der Waals surface area contributed by atoms with E-state index in [9.17, 15) is 0 Å². The summed E-state index contributed by atoms with van der Waals surface area (Å²) < 4.78 is 10.6. The molecule has 1 aromatic carbocycles. The third-order valence-electron chi connectivity index (χ3n) is 2.26. The number of fused-ring (bicyclic) bond motifs is 1. The maximum absolute atomic E-state index is 5.36. The van der Waals surface area contributed by atoms with Gasteiger partial charge in [-0.15, -0.1) is 6.58 Å². The molecule has 0 fully saturated rings. The van der Waals surface area contributed by atoms with Gasteiger partial charge in [0.1, 0.15) is 0 Å². The van der Waals surface area contributed by atoms with Crippen LogP contribution in [0.5, 0.6) is 11.5 Å². The van der Waals surface area contributed by atoms with Crippen molar-refractivity contribution in [2.75, 3.05) is 6.79 Å². The van der Waals surface area contributed by atoms with Crippen LogP contribution in [0.1, 0.15) is 11.1 Å². The number of ether oxygens (including phenoxy) is 2. The van der Waals surface area contributed by atoms with Gasteiger partial charge in [0.05, 0.1) is 0 Å². The van der Waals surface area contributed by atoms with E-state index in [0.717, 1.165) is 23.5 Å². The fourth-order valence-corrected chi connectivity index (χ4v) is 1.53. The summed E-state index contributed by atoms with van der Waals surface area (Å²) in [5.74, 6) is 1.74. The fraction of sp³-hybridized carbons (Fsp3) is 0.273. The van der Waals surface area contributed by atoms with E-state index in [0.29, 0.717) is 6.79 Å². The van der Waals surface area contributed by atoms with Crippen molar-refractivity contribution >= 4 is 0 Å². The minimum absolute atomic E-state index is 0.341. The quantitative estimate of drug-likeness (QED) is 0.644. The largest absolute Gasteiger partial charge is 0.454 e. The van der Waals surface area contributed by atoms with Crippen LogP contribution in [0.15, 0.2) is 24.8 Å². The molecule has 0 unspecified atom stereocenters. The zero-order valence-corrected chi connectivity index (χ0v) is 7.67. The monoisotopic (exact) mass is 176 g/mol. The first-order valence-electron chi connectivity index (χ1n) is 4.32. The van der Waals surface area contributed by atoms with Crippen molar-refractivity contribution in [3.63, 3.8) is 0 Å². The lowest BCUT2D eigenvalue weighted by molar-refractivity contribution is 0.173. The van der Waals surface area contributed by atoms with Gasteiger partial charge < -0.3 is 9.47 Å². The maximum Gasteiger partial charge on any atom is 0.231 e. The number of benzene rings is 1. The number of allylic oxidation sites excluding steroid dienone is 1. The summed E-state index contributed by atoms with van der Waals surface area (Å²) in [7, 11) is 0. The highest BCUT2D eigenvalue weighted by atomic mass is 16.7. The molecular formula is C11H12O2.